The molecule has 0 saturated carbocycles. The molecule has 0 aliphatic carbocycles. The molecule has 0 aliphatic rings. The molecule has 0 unspecified atom stereocenters. The molecule has 3 aromatic rings. The van der Waals surface area contributed by atoms with Gasteiger partial charge >= 0.3 is 0 Å². The Morgan fingerprint density at radius 2 is 1.94 bits per heavy atom. The number of benzene rings is 1. The predicted octanol–water partition coefficient (Wildman–Crippen LogP) is 3.88. The molecule has 0 spiro atoms. The van der Waals surface area contributed by atoms with Crippen LogP contribution >= 0.6 is 15.9 Å². The van der Waals surface area contributed by atoms with Crippen molar-refractivity contribution in [1.29, 1.82) is 0 Å². The van der Waals surface area contributed by atoms with Gasteiger partial charge in [-0.2, -0.15) is 0 Å². The first-order chi connectivity index (χ1) is 8.81. The molecule has 0 N–H and O–H groups in total. The van der Waals surface area contributed by atoms with Crippen molar-refractivity contribution in [2.75, 3.05) is 0 Å². The number of nitrogens with zero attached hydrogens (tertiary/aromatic N) is 3. The van der Waals surface area contributed by atoms with Crippen molar-refractivity contribution in [3.05, 3.63) is 47.2 Å². The van der Waals surface area contributed by atoms with Crippen LogP contribution in [0.15, 0.2) is 47.2 Å². The maximum atomic E-state index is 4.69. The first-order valence-corrected chi connectivity index (χ1v) is 6.65. The molecule has 0 fully saturated rings. The standard InChI is InChI=1S/C14H12BrN3/c1-2-18-13-11(15)8-16-9-12(13)17-14(18)10-6-4-3-5-7-10/h3-9H,2H2,1H3. The summed E-state index contributed by atoms with van der Waals surface area (Å²) in [6.45, 7) is 3.00. The Bertz CT molecular complexity index is 689. The van der Waals surface area contributed by atoms with Crippen LogP contribution in [-0.2, 0) is 6.54 Å². The van der Waals surface area contributed by atoms with Crippen molar-refractivity contribution in [2.24, 2.45) is 0 Å². The molecular weight excluding hydrogens is 290 g/mol. The molecule has 2 heterocycles. The maximum absolute atomic E-state index is 4.69. The maximum Gasteiger partial charge on any atom is 0.141 e. The zero-order valence-corrected chi connectivity index (χ0v) is 11.6. The van der Waals surface area contributed by atoms with E-state index in [9.17, 15) is 0 Å². The molecule has 0 radical (unpaired) electrons. The van der Waals surface area contributed by atoms with Gasteiger partial charge in [0.2, 0.25) is 0 Å². The number of imidazole rings is 1. The summed E-state index contributed by atoms with van der Waals surface area (Å²) in [5.74, 6) is 0.988. The van der Waals surface area contributed by atoms with Gasteiger partial charge in [0.1, 0.15) is 11.3 Å². The van der Waals surface area contributed by atoms with Crippen molar-refractivity contribution in [2.45, 2.75) is 13.5 Å². The minimum atomic E-state index is 0.878. The molecule has 18 heavy (non-hydrogen) atoms. The van der Waals surface area contributed by atoms with E-state index < -0.39 is 0 Å². The van der Waals surface area contributed by atoms with E-state index in [0.717, 1.165) is 33.4 Å². The van der Waals surface area contributed by atoms with E-state index in [1.165, 1.54) is 0 Å². The van der Waals surface area contributed by atoms with Crippen LogP contribution in [0.3, 0.4) is 0 Å². The molecule has 3 rings (SSSR count). The third-order valence-electron chi connectivity index (χ3n) is 2.95. The normalized spacial score (nSPS) is 11.0. The largest absolute Gasteiger partial charge is 0.323 e. The molecule has 0 bridgehead atoms. The Morgan fingerprint density at radius 1 is 1.17 bits per heavy atom. The molecule has 2 aromatic heterocycles. The van der Waals surface area contributed by atoms with E-state index in [2.05, 4.69) is 49.5 Å². The molecule has 4 heteroatoms. The number of aryl methyl sites for hydroxylation is 1. The van der Waals surface area contributed by atoms with Crippen molar-refractivity contribution >= 4 is 27.0 Å². The van der Waals surface area contributed by atoms with E-state index in [1.807, 2.05) is 24.4 Å². The first kappa shape index (κ1) is 11.4. The molecule has 3 nitrogen and oxygen atoms in total. The second kappa shape index (κ2) is 4.53. The zero-order valence-electron chi connectivity index (χ0n) is 9.97. The number of halogens is 1. The molecule has 0 aliphatic heterocycles. The van der Waals surface area contributed by atoms with Crippen molar-refractivity contribution < 1.29 is 0 Å². The van der Waals surface area contributed by atoms with Crippen LogP contribution in [0.1, 0.15) is 6.92 Å². The van der Waals surface area contributed by atoms with Crippen LogP contribution in [0.4, 0.5) is 0 Å². The summed E-state index contributed by atoms with van der Waals surface area (Å²) in [6, 6.07) is 10.2. The summed E-state index contributed by atoms with van der Waals surface area (Å²) < 4.78 is 3.19. The fourth-order valence-electron chi connectivity index (χ4n) is 2.16. The van der Waals surface area contributed by atoms with Crippen LogP contribution in [0.2, 0.25) is 0 Å². The number of hydrogen-bond donors (Lipinski definition) is 0. The average molecular weight is 302 g/mol. The van der Waals surface area contributed by atoms with Crippen LogP contribution in [0.5, 0.6) is 0 Å². The van der Waals surface area contributed by atoms with E-state index in [4.69, 9.17) is 0 Å². The second-order valence-electron chi connectivity index (χ2n) is 4.03. The van der Waals surface area contributed by atoms with Crippen molar-refractivity contribution in [1.82, 2.24) is 14.5 Å². The van der Waals surface area contributed by atoms with E-state index in [0.29, 0.717) is 0 Å². The van der Waals surface area contributed by atoms with Gasteiger partial charge in [0, 0.05) is 18.3 Å². The molecular formula is C14H12BrN3. The molecule has 0 saturated heterocycles. The van der Waals surface area contributed by atoms with Crippen LogP contribution in [-0.4, -0.2) is 14.5 Å². The fourth-order valence-corrected chi connectivity index (χ4v) is 2.70. The lowest BCUT2D eigenvalue weighted by molar-refractivity contribution is 0.795. The summed E-state index contributed by atoms with van der Waals surface area (Å²) in [5.41, 5.74) is 3.15. The van der Waals surface area contributed by atoms with E-state index in [-0.39, 0.29) is 0 Å². The predicted molar refractivity (Wildman–Crippen MR) is 76.3 cm³/mol. The van der Waals surface area contributed by atoms with Gasteiger partial charge in [0.15, 0.2) is 0 Å². The lowest BCUT2D eigenvalue weighted by atomic mass is 10.2. The van der Waals surface area contributed by atoms with Gasteiger partial charge < -0.3 is 4.57 Å². The summed E-state index contributed by atoms with van der Waals surface area (Å²) in [7, 11) is 0. The molecule has 0 atom stereocenters. The number of aromatic nitrogens is 3. The summed E-state index contributed by atoms with van der Waals surface area (Å²) in [5, 5.41) is 0. The van der Waals surface area contributed by atoms with Gasteiger partial charge in [-0.15, -0.1) is 0 Å². The van der Waals surface area contributed by atoms with Gasteiger partial charge in [0.25, 0.3) is 0 Å². The average Bonchev–Trinajstić information content (AvgIpc) is 2.79. The summed E-state index contributed by atoms with van der Waals surface area (Å²) in [6.07, 6.45) is 3.61. The van der Waals surface area contributed by atoms with Gasteiger partial charge in [-0.25, -0.2) is 4.98 Å². The Balaban J connectivity index is 2.34. The number of rotatable bonds is 2. The van der Waals surface area contributed by atoms with Gasteiger partial charge in [-0.05, 0) is 22.9 Å². The smallest absolute Gasteiger partial charge is 0.141 e. The monoisotopic (exact) mass is 301 g/mol. The van der Waals surface area contributed by atoms with E-state index in [1.54, 1.807) is 6.20 Å². The third-order valence-corrected chi connectivity index (χ3v) is 3.53. The van der Waals surface area contributed by atoms with Crippen LogP contribution in [0, 0.1) is 0 Å². The van der Waals surface area contributed by atoms with Crippen LogP contribution in [0.25, 0.3) is 22.4 Å². The molecule has 0 amide bonds. The Kier molecular flexibility index (Phi) is 2.88. The fraction of sp³-hybridized carbons (Fsp3) is 0.143. The van der Waals surface area contributed by atoms with E-state index >= 15 is 0 Å². The SMILES string of the molecule is CCn1c(-c2ccccc2)nc2cncc(Br)c21. The highest BCUT2D eigenvalue weighted by atomic mass is 79.9. The second-order valence-corrected chi connectivity index (χ2v) is 4.89. The number of hydrogen-bond acceptors (Lipinski definition) is 2. The highest BCUT2D eigenvalue weighted by molar-refractivity contribution is 9.10. The Hall–Kier alpha value is -1.68. The molecule has 90 valence electrons. The van der Waals surface area contributed by atoms with Crippen molar-refractivity contribution in [3.8, 4) is 11.4 Å². The Labute approximate surface area is 114 Å². The van der Waals surface area contributed by atoms with Gasteiger partial charge in [-0.1, -0.05) is 30.3 Å². The molecule has 1 aromatic carbocycles. The number of fused-ring (bicyclic) bond motifs is 1. The first-order valence-electron chi connectivity index (χ1n) is 5.86. The lowest BCUT2D eigenvalue weighted by Crippen LogP contribution is -1.97. The van der Waals surface area contributed by atoms with Gasteiger partial charge in [-0.3, -0.25) is 4.98 Å². The highest BCUT2D eigenvalue weighted by Gasteiger charge is 2.13. The van der Waals surface area contributed by atoms with Crippen molar-refractivity contribution in [3.63, 3.8) is 0 Å². The Morgan fingerprint density at radius 3 is 2.67 bits per heavy atom. The topological polar surface area (TPSA) is 30.7 Å². The summed E-state index contributed by atoms with van der Waals surface area (Å²) in [4.78, 5) is 8.86. The third kappa shape index (κ3) is 1.73. The quantitative estimate of drug-likeness (QED) is 0.719. The summed E-state index contributed by atoms with van der Waals surface area (Å²) >= 11 is 3.55. The minimum absolute atomic E-state index is 0.878. The lowest BCUT2D eigenvalue weighted by Gasteiger charge is -2.06. The zero-order chi connectivity index (χ0) is 12.5. The number of pyridine rings is 1. The van der Waals surface area contributed by atoms with Gasteiger partial charge in [0.05, 0.1) is 16.2 Å². The minimum Gasteiger partial charge on any atom is -0.323 e. The van der Waals surface area contributed by atoms with Crippen LogP contribution < -0.4 is 0 Å². The highest BCUT2D eigenvalue weighted by Crippen LogP contribution is 2.28.